The van der Waals surface area contributed by atoms with Crippen LogP contribution in [0.4, 0.5) is 13.2 Å². The molecule has 2 nitrogen and oxygen atoms in total. The van der Waals surface area contributed by atoms with E-state index >= 15 is 0 Å². The van der Waals surface area contributed by atoms with Gasteiger partial charge in [-0.05, 0) is 19.0 Å². The van der Waals surface area contributed by atoms with Crippen LogP contribution >= 0.6 is 0 Å². The highest BCUT2D eigenvalue weighted by molar-refractivity contribution is 5.09. The number of hydrogen-bond donors (Lipinski definition) is 1. The second kappa shape index (κ2) is 4.68. The maximum absolute atomic E-state index is 12.5. The summed E-state index contributed by atoms with van der Waals surface area (Å²) < 4.78 is 42.5. The maximum atomic E-state index is 12.5. The lowest BCUT2D eigenvalue weighted by atomic mass is 10.2. The molecule has 0 aromatic carbocycles. The number of ether oxygens (including phenoxy) is 1. The fourth-order valence-electron chi connectivity index (χ4n) is 1.30. The Hall–Kier alpha value is -0.710. The average molecular weight is 209 g/mol. The Labute approximate surface area is 81.1 Å². The van der Waals surface area contributed by atoms with Gasteiger partial charge < -0.3 is 4.74 Å². The van der Waals surface area contributed by atoms with Gasteiger partial charge in [0.15, 0.2) is 6.04 Å². The first kappa shape index (κ1) is 11.4. The summed E-state index contributed by atoms with van der Waals surface area (Å²) in [6.07, 6.45) is -1.54. The second-order valence-corrected chi connectivity index (χ2v) is 3.17. The molecular formula is C9H14F3NO. The first-order valence-corrected chi connectivity index (χ1v) is 4.68. The Morgan fingerprint density at radius 2 is 2.29 bits per heavy atom. The lowest BCUT2D eigenvalue weighted by molar-refractivity contribution is -0.154. The molecule has 0 fully saturated rings. The van der Waals surface area contributed by atoms with Gasteiger partial charge in [-0.3, -0.25) is 5.32 Å². The van der Waals surface area contributed by atoms with Gasteiger partial charge in [0.2, 0.25) is 0 Å². The first-order valence-electron chi connectivity index (χ1n) is 4.68. The quantitative estimate of drug-likeness (QED) is 0.766. The van der Waals surface area contributed by atoms with E-state index in [1.807, 2.05) is 6.92 Å². The molecule has 0 radical (unpaired) electrons. The first-order chi connectivity index (χ1) is 6.55. The third-order valence-electron chi connectivity index (χ3n) is 1.94. The van der Waals surface area contributed by atoms with Crippen molar-refractivity contribution in [1.29, 1.82) is 0 Å². The molecule has 5 heteroatoms. The normalized spacial score (nSPS) is 19.0. The van der Waals surface area contributed by atoms with Crippen LogP contribution in [-0.4, -0.2) is 25.4 Å². The summed E-state index contributed by atoms with van der Waals surface area (Å²) in [7, 11) is 0. The molecule has 0 aromatic rings. The van der Waals surface area contributed by atoms with E-state index in [2.05, 4.69) is 5.32 Å². The van der Waals surface area contributed by atoms with Crippen molar-refractivity contribution in [3.63, 3.8) is 0 Å². The van der Waals surface area contributed by atoms with E-state index in [1.165, 1.54) is 6.08 Å². The summed E-state index contributed by atoms with van der Waals surface area (Å²) in [6.45, 7) is 2.52. The molecule has 1 atom stereocenters. The van der Waals surface area contributed by atoms with Crippen LogP contribution in [0.1, 0.15) is 19.8 Å². The van der Waals surface area contributed by atoms with Crippen molar-refractivity contribution in [2.75, 3.05) is 13.2 Å². The molecular weight excluding hydrogens is 195 g/mol. The number of halogens is 3. The summed E-state index contributed by atoms with van der Waals surface area (Å²) in [5.41, 5.74) is 0. The molecule has 0 aromatic heterocycles. The summed E-state index contributed by atoms with van der Waals surface area (Å²) >= 11 is 0. The van der Waals surface area contributed by atoms with Gasteiger partial charge in [-0.25, -0.2) is 0 Å². The molecule has 0 saturated heterocycles. The van der Waals surface area contributed by atoms with Gasteiger partial charge in [0, 0.05) is 6.42 Å². The highest BCUT2D eigenvalue weighted by Gasteiger charge is 2.43. The van der Waals surface area contributed by atoms with E-state index < -0.39 is 12.2 Å². The Morgan fingerprint density at radius 1 is 1.57 bits per heavy atom. The predicted molar refractivity (Wildman–Crippen MR) is 46.8 cm³/mol. The molecule has 14 heavy (non-hydrogen) atoms. The fourth-order valence-corrected chi connectivity index (χ4v) is 1.30. The third-order valence-corrected chi connectivity index (χ3v) is 1.94. The monoisotopic (exact) mass is 209 g/mol. The molecule has 1 N–H and O–H groups in total. The van der Waals surface area contributed by atoms with Gasteiger partial charge in [0.05, 0.1) is 6.61 Å². The summed E-state index contributed by atoms with van der Waals surface area (Å²) in [5, 5.41) is 2.43. The van der Waals surface area contributed by atoms with Crippen LogP contribution in [0.2, 0.25) is 0 Å². The van der Waals surface area contributed by atoms with Crippen LogP contribution in [0.15, 0.2) is 11.8 Å². The van der Waals surface area contributed by atoms with E-state index in [0.29, 0.717) is 26.0 Å². The Bertz CT molecular complexity index is 213. The number of rotatable bonds is 4. The second-order valence-electron chi connectivity index (χ2n) is 3.17. The van der Waals surface area contributed by atoms with Crippen molar-refractivity contribution >= 4 is 0 Å². The minimum atomic E-state index is -4.27. The van der Waals surface area contributed by atoms with Gasteiger partial charge in [-0.2, -0.15) is 13.2 Å². The summed E-state index contributed by atoms with van der Waals surface area (Å²) in [4.78, 5) is 0. The van der Waals surface area contributed by atoms with Crippen molar-refractivity contribution in [3.8, 4) is 0 Å². The van der Waals surface area contributed by atoms with Crippen LogP contribution in [0, 0.1) is 0 Å². The highest BCUT2D eigenvalue weighted by atomic mass is 19.4. The van der Waals surface area contributed by atoms with Gasteiger partial charge in [-0.15, -0.1) is 0 Å². The lowest BCUT2D eigenvalue weighted by Crippen LogP contribution is -2.44. The topological polar surface area (TPSA) is 21.3 Å². The SMILES string of the molecule is CCCNC(C1=CCCO1)C(F)(F)F. The Morgan fingerprint density at radius 3 is 2.71 bits per heavy atom. The number of alkyl halides is 3. The molecule has 0 amide bonds. The van der Waals surface area contributed by atoms with Gasteiger partial charge in [0.25, 0.3) is 0 Å². The van der Waals surface area contributed by atoms with Crippen LogP contribution < -0.4 is 5.32 Å². The largest absolute Gasteiger partial charge is 0.496 e. The fraction of sp³-hybridized carbons (Fsp3) is 0.778. The van der Waals surface area contributed by atoms with Crippen molar-refractivity contribution in [3.05, 3.63) is 11.8 Å². The molecule has 1 unspecified atom stereocenters. The third kappa shape index (κ3) is 2.90. The zero-order valence-corrected chi connectivity index (χ0v) is 8.03. The zero-order valence-electron chi connectivity index (χ0n) is 8.03. The van der Waals surface area contributed by atoms with E-state index in [9.17, 15) is 13.2 Å². The minimum Gasteiger partial charge on any atom is -0.496 e. The van der Waals surface area contributed by atoms with E-state index in [0.717, 1.165) is 0 Å². The van der Waals surface area contributed by atoms with E-state index in [4.69, 9.17) is 4.74 Å². The molecule has 0 saturated carbocycles. The standard InChI is InChI=1S/C9H14F3NO/c1-2-5-13-8(9(10,11)12)7-4-3-6-14-7/h4,8,13H,2-3,5-6H2,1H3. The molecule has 0 bridgehead atoms. The van der Waals surface area contributed by atoms with Gasteiger partial charge in [0.1, 0.15) is 5.76 Å². The van der Waals surface area contributed by atoms with Crippen molar-refractivity contribution in [2.24, 2.45) is 0 Å². The predicted octanol–water partition coefficient (Wildman–Crippen LogP) is 2.22. The van der Waals surface area contributed by atoms with Crippen molar-refractivity contribution < 1.29 is 17.9 Å². The molecule has 1 aliphatic heterocycles. The van der Waals surface area contributed by atoms with Crippen LogP contribution in [0.3, 0.4) is 0 Å². The highest BCUT2D eigenvalue weighted by Crippen LogP contribution is 2.28. The Balaban J connectivity index is 2.61. The molecule has 1 heterocycles. The lowest BCUT2D eigenvalue weighted by Gasteiger charge is -2.22. The smallest absolute Gasteiger partial charge is 0.410 e. The van der Waals surface area contributed by atoms with E-state index in [-0.39, 0.29) is 5.76 Å². The summed E-state index contributed by atoms with van der Waals surface area (Å²) in [6, 6.07) is -1.63. The van der Waals surface area contributed by atoms with E-state index in [1.54, 1.807) is 0 Å². The molecule has 0 spiro atoms. The minimum absolute atomic E-state index is 0.0194. The number of nitrogens with one attached hydrogen (secondary N) is 1. The van der Waals surface area contributed by atoms with Gasteiger partial charge in [-0.1, -0.05) is 6.92 Å². The molecule has 0 aliphatic carbocycles. The Kier molecular flexibility index (Phi) is 3.80. The van der Waals surface area contributed by atoms with Gasteiger partial charge >= 0.3 is 6.18 Å². The number of hydrogen-bond acceptors (Lipinski definition) is 2. The van der Waals surface area contributed by atoms with Crippen molar-refractivity contribution in [1.82, 2.24) is 5.32 Å². The van der Waals surface area contributed by atoms with Crippen LogP contribution in [-0.2, 0) is 4.74 Å². The van der Waals surface area contributed by atoms with Crippen LogP contribution in [0.5, 0.6) is 0 Å². The molecule has 1 aliphatic rings. The summed E-state index contributed by atoms with van der Waals surface area (Å²) in [5.74, 6) is 0.0194. The molecule has 1 rings (SSSR count). The molecule has 82 valence electrons. The van der Waals surface area contributed by atoms with Crippen molar-refractivity contribution in [2.45, 2.75) is 32.0 Å². The average Bonchev–Trinajstić information content (AvgIpc) is 2.55. The van der Waals surface area contributed by atoms with Crippen LogP contribution in [0.25, 0.3) is 0 Å². The zero-order chi connectivity index (χ0) is 10.6. The maximum Gasteiger partial charge on any atom is 0.410 e.